The SMILES string of the molecule is CCOC(=O)C1CCCCN1CCC(=O)N(C)CCCN. The highest BCUT2D eigenvalue weighted by Gasteiger charge is 2.29. The number of carbonyl (C=O) groups is 2. The Morgan fingerprint density at radius 3 is 2.81 bits per heavy atom. The monoisotopic (exact) mass is 299 g/mol. The van der Waals surface area contributed by atoms with Gasteiger partial charge in [0.1, 0.15) is 6.04 Å². The van der Waals surface area contributed by atoms with Gasteiger partial charge in [-0.15, -0.1) is 0 Å². The van der Waals surface area contributed by atoms with Gasteiger partial charge in [-0.25, -0.2) is 0 Å². The van der Waals surface area contributed by atoms with Crippen LogP contribution in [0.25, 0.3) is 0 Å². The molecule has 1 rings (SSSR count). The maximum atomic E-state index is 12.0. The lowest BCUT2D eigenvalue weighted by Crippen LogP contribution is -2.46. The summed E-state index contributed by atoms with van der Waals surface area (Å²) >= 11 is 0. The van der Waals surface area contributed by atoms with Gasteiger partial charge in [0.25, 0.3) is 0 Å². The molecular formula is C15H29N3O3. The minimum atomic E-state index is -0.180. The van der Waals surface area contributed by atoms with Crippen LogP contribution in [0.1, 0.15) is 39.0 Å². The molecule has 21 heavy (non-hydrogen) atoms. The molecule has 1 fully saturated rings. The van der Waals surface area contributed by atoms with Gasteiger partial charge in [0.05, 0.1) is 6.61 Å². The first-order chi connectivity index (χ1) is 10.1. The van der Waals surface area contributed by atoms with Crippen LogP contribution < -0.4 is 5.73 Å². The van der Waals surface area contributed by atoms with Crippen molar-refractivity contribution >= 4 is 11.9 Å². The van der Waals surface area contributed by atoms with Crippen LogP contribution in [-0.2, 0) is 14.3 Å². The highest BCUT2D eigenvalue weighted by atomic mass is 16.5. The fourth-order valence-corrected chi connectivity index (χ4v) is 2.65. The van der Waals surface area contributed by atoms with Crippen LogP contribution >= 0.6 is 0 Å². The number of hydrogen-bond acceptors (Lipinski definition) is 5. The molecule has 6 heteroatoms. The summed E-state index contributed by atoms with van der Waals surface area (Å²) in [7, 11) is 1.80. The Labute approximate surface area is 127 Å². The molecule has 0 aromatic heterocycles. The summed E-state index contributed by atoms with van der Waals surface area (Å²) in [6.07, 6.45) is 4.21. The van der Waals surface area contributed by atoms with Crippen LogP contribution in [0.3, 0.4) is 0 Å². The molecule has 0 bridgehead atoms. The Balaban J connectivity index is 2.43. The van der Waals surface area contributed by atoms with Crippen LogP contribution in [0.5, 0.6) is 0 Å². The van der Waals surface area contributed by atoms with Gasteiger partial charge in [-0.05, 0) is 39.3 Å². The van der Waals surface area contributed by atoms with Crippen LogP contribution in [0, 0.1) is 0 Å². The molecule has 1 unspecified atom stereocenters. The summed E-state index contributed by atoms with van der Waals surface area (Å²) in [6, 6.07) is -0.180. The zero-order chi connectivity index (χ0) is 15.7. The van der Waals surface area contributed by atoms with Crippen molar-refractivity contribution in [2.45, 2.75) is 45.1 Å². The third kappa shape index (κ3) is 6.01. The molecule has 0 saturated carbocycles. The van der Waals surface area contributed by atoms with E-state index in [1.807, 2.05) is 6.92 Å². The van der Waals surface area contributed by atoms with Crippen molar-refractivity contribution in [3.05, 3.63) is 0 Å². The average Bonchev–Trinajstić information content (AvgIpc) is 2.50. The van der Waals surface area contributed by atoms with Gasteiger partial charge in [0.15, 0.2) is 0 Å². The van der Waals surface area contributed by atoms with Crippen molar-refractivity contribution in [3.8, 4) is 0 Å². The van der Waals surface area contributed by atoms with Crippen molar-refractivity contribution in [1.82, 2.24) is 9.80 Å². The fourth-order valence-electron chi connectivity index (χ4n) is 2.65. The van der Waals surface area contributed by atoms with Crippen molar-refractivity contribution in [2.24, 2.45) is 5.73 Å². The van der Waals surface area contributed by atoms with Crippen LogP contribution in [-0.4, -0.2) is 67.6 Å². The predicted molar refractivity (Wildman–Crippen MR) is 81.8 cm³/mol. The molecule has 1 atom stereocenters. The first kappa shape index (κ1) is 17.9. The van der Waals surface area contributed by atoms with E-state index in [0.717, 1.165) is 32.2 Å². The minimum Gasteiger partial charge on any atom is -0.465 e. The number of esters is 1. The Morgan fingerprint density at radius 1 is 1.38 bits per heavy atom. The summed E-state index contributed by atoms with van der Waals surface area (Å²) in [5, 5.41) is 0. The predicted octanol–water partition coefficient (Wildman–Crippen LogP) is 0.601. The van der Waals surface area contributed by atoms with E-state index >= 15 is 0 Å². The molecule has 0 aromatic rings. The van der Waals surface area contributed by atoms with E-state index in [4.69, 9.17) is 10.5 Å². The molecule has 0 aromatic carbocycles. The van der Waals surface area contributed by atoms with Gasteiger partial charge in [0.2, 0.25) is 5.91 Å². The quantitative estimate of drug-likeness (QED) is 0.664. The zero-order valence-corrected chi connectivity index (χ0v) is 13.3. The number of nitrogens with two attached hydrogens (primary N) is 1. The molecule has 0 aliphatic carbocycles. The van der Waals surface area contributed by atoms with Gasteiger partial charge in [-0.3, -0.25) is 14.5 Å². The van der Waals surface area contributed by atoms with E-state index in [2.05, 4.69) is 4.90 Å². The number of hydrogen-bond donors (Lipinski definition) is 1. The average molecular weight is 299 g/mol. The van der Waals surface area contributed by atoms with E-state index in [9.17, 15) is 9.59 Å². The van der Waals surface area contributed by atoms with Crippen molar-refractivity contribution < 1.29 is 14.3 Å². The standard InChI is InChI=1S/C15H29N3O3/c1-3-21-15(20)13-7-4-5-11-18(13)12-8-14(19)17(2)10-6-9-16/h13H,3-12,16H2,1-2H3. The second-order valence-electron chi connectivity index (χ2n) is 5.51. The van der Waals surface area contributed by atoms with Crippen molar-refractivity contribution in [1.29, 1.82) is 0 Å². The Kier molecular flexibility index (Phi) is 8.30. The van der Waals surface area contributed by atoms with Crippen LogP contribution in [0.4, 0.5) is 0 Å². The Morgan fingerprint density at radius 2 is 2.14 bits per heavy atom. The molecule has 1 aliphatic rings. The van der Waals surface area contributed by atoms with Gasteiger partial charge in [-0.1, -0.05) is 6.42 Å². The lowest BCUT2D eigenvalue weighted by Gasteiger charge is -2.34. The summed E-state index contributed by atoms with van der Waals surface area (Å²) in [5.41, 5.74) is 5.45. The number of nitrogens with zero attached hydrogens (tertiary/aromatic N) is 2. The van der Waals surface area contributed by atoms with E-state index < -0.39 is 0 Å². The second kappa shape index (κ2) is 9.73. The number of carbonyl (C=O) groups excluding carboxylic acids is 2. The van der Waals surface area contributed by atoms with E-state index in [0.29, 0.717) is 32.7 Å². The lowest BCUT2D eigenvalue weighted by molar-refractivity contribution is -0.151. The van der Waals surface area contributed by atoms with Gasteiger partial charge < -0.3 is 15.4 Å². The third-order valence-electron chi connectivity index (χ3n) is 3.91. The molecule has 6 nitrogen and oxygen atoms in total. The topological polar surface area (TPSA) is 75.9 Å². The lowest BCUT2D eigenvalue weighted by atomic mass is 10.0. The number of rotatable bonds is 8. The fraction of sp³-hybridized carbons (Fsp3) is 0.867. The van der Waals surface area contributed by atoms with E-state index in [1.54, 1.807) is 11.9 Å². The number of piperidine rings is 1. The largest absolute Gasteiger partial charge is 0.465 e. The smallest absolute Gasteiger partial charge is 0.323 e. The van der Waals surface area contributed by atoms with Crippen molar-refractivity contribution in [3.63, 3.8) is 0 Å². The Bertz CT molecular complexity index is 336. The molecule has 122 valence electrons. The van der Waals surface area contributed by atoms with E-state index in [-0.39, 0.29) is 17.9 Å². The molecular weight excluding hydrogens is 270 g/mol. The Hall–Kier alpha value is -1.14. The summed E-state index contributed by atoms with van der Waals surface area (Å²) < 4.78 is 5.13. The molecule has 0 spiro atoms. The minimum absolute atomic E-state index is 0.108. The molecule has 0 radical (unpaired) electrons. The molecule has 2 N–H and O–H groups in total. The highest BCUT2D eigenvalue weighted by Crippen LogP contribution is 2.18. The van der Waals surface area contributed by atoms with Crippen LogP contribution in [0.15, 0.2) is 0 Å². The van der Waals surface area contributed by atoms with Crippen molar-refractivity contribution in [2.75, 3.05) is 39.8 Å². The second-order valence-corrected chi connectivity index (χ2v) is 5.51. The first-order valence-electron chi connectivity index (χ1n) is 7.94. The number of likely N-dealkylation sites (tertiary alicyclic amines) is 1. The highest BCUT2D eigenvalue weighted by molar-refractivity contribution is 5.77. The maximum Gasteiger partial charge on any atom is 0.323 e. The number of amides is 1. The third-order valence-corrected chi connectivity index (χ3v) is 3.91. The molecule has 1 heterocycles. The molecule has 1 saturated heterocycles. The van der Waals surface area contributed by atoms with Gasteiger partial charge >= 0.3 is 5.97 Å². The zero-order valence-electron chi connectivity index (χ0n) is 13.3. The molecule has 1 aliphatic heterocycles. The van der Waals surface area contributed by atoms with Gasteiger partial charge in [-0.2, -0.15) is 0 Å². The number of ether oxygens (including phenoxy) is 1. The maximum absolute atomic E-state index is 12.0. The summed E-state index contributed by atoms with van der Waals surface area (Å²) in [4.78, 5) is 27.8. The van der Waals surface area contributed by atoms with Crippen LogP contribution in [0.2, 0.25) is 0 Å². The summed E-state index contributed by atoms with van der Waals surface area (Å²) in [5.74, 6) is -0.0437. The normalized spacial score (nSPS) is 19.3. The van der Waals surface area contributed by atoms with Gasteiger partial charge in [0, 0.05) is 26.6 Å². The first-order valence-corrected chi connectivity index (χ1v) is 7.94. The molecule has 1 amide bonds. The van der Waals surface area contributed by atoms with E-state index in [1.165, 1.54) is 0 Å². The summed E-state index contributed by atoms with van der Waals surface area (Å²) in [6.45, 7) is 4.99.